The number of amides is 1. The van der Waals surface area contributed by atoms with Gasteiger partial charge in [0.1, 0.15) is 5.82 Å². The number of sulfone groups is 1. The summed E-state index contributed by atoms with van der Waals surface area (Å²) in [6.45, 7) is 0. The van der Waals surface area contributed by atoms with Gasteiger partial charge in [-0.2, -0.15) is 0 Å². The Kier molecular flexibility index (Phi) is 6.60. The van der Waals surface area contributed by atoms with Crippen molar-refractivity contribution in [1.82, 2.24) is 10.2 Å². The highest BCUT2D eigenvalue weighted by atomic mass is 35.5. The molecule has 0 bridgehead atoms. The molecule has 4 rings (SSSR count). The van der Waals surface area contributed by atoms with E-state index in [1.165, 1.54) is 54.2 Å². The third-order valence-electron chi connectivity index (χ3n) is 4.13. The highest BCUT2D eigenvalue weighted by molar-refractivity contribution is 8.00. The Bertz CT molecular complexity index is 1370. The van der Waals surface area contributed by atoms with Crippen LogP contribution in [0.4, 0.5) is 9.52 Å². The second-order valence-corrected chi connectivity index (χ2v) is 10.8. The first-order valence-corrected chi connectivity index (χ1v) is 12.6. The molecule has 0 aliphatic carbocycles. The molecule has 1 amide bonds. The molecule has 2 heterocycles. The van der Waals surface area contributed by atoms with Gasteiger partial charge in [0.15, 0.2) is 10.1 Å². The van der Waals surface area contributed by atoms with E-state index in [2.05, 4.69) is 15.5 Å². The molecule has 0 unspecified atom stereocenters. The van der Waals surface area contributed by atoms with E-state index in [1.807, 2.05) is 0 Å². The first kappa shape index (κ1) is 22.5. The Labute approximate surface area is 195 Å². The van der Waals surface area contributed by atoms with Crippen LogP contribution >= 0.6 is 34.7 Å². The van der Waals surface area contributed by atoms with Gasteiger partial charge < -0.3 is 4.42 Å². The summed E-state index contributed by atoms with van der Waals surface area (Å²) in [7, 11) is -3.94. The number of aromatic nitrogens is 2. The Balaban J connectivity index is 1.41. The van der Waals surface area contributed by atoms with Crippen LogP contribution < -0.4 is 5.32 Å². The van der Waals surface area contributed by atoms with Crippen molar-refractivity contribution in [2.75, 3.05) is 5.32 Å². The first-order chi connectivity index (χ1) is 15.3. The minimum Gasteiger partial charge on any atom is -0.439 e. The molecule has 0 aliphatic rings. The number of carbonyl (C=O) groups is 1. The van der Waals surface area contributed by atoms with Crippen LogP contribution in [0.25, 0.3) is 0 Å². The van der Waals surface area contributed by atoms with Crippen molar-refractivity contribution in [3.05, 3.63) is 82.8 Å². The predicted octanol–water partition coefficient (Wildman–Crippen LogP) is 5.30. The summed E-state index contributed by atoms with van der Waals surface area (Å²) in [5, 5.41) is 10.6. The van der Waals surface area contributed by atoms with Crippen LogP contribution in [0.3, 0.4) is 0 Å². The summed E-state index contributed by atoms with van der Waals surface area (Å²) >= 11 is 8.18. The predicted molar refractivity (Wildman–Crippen MR) is 119 cm³/mol. The van der Waals surface area contributed by atoms with E-state index in [4.69, 9.17) is 16.0 Å². The van der Waals surface area contributed by atoms with E-state index >= 15 is 0 Å². The van der Waals surface area contributed by atoms with E-state index in [0.717, 1.165) is 11.3 Å². The minimum absolute atomic E-state index is 0.0103. The SMILES string of the molecule is O=C(Nc1nnc(SCc2ccccc2F)s1)c1ccc(S(=O)(=O)c2ccc(Cl)cc2)o1. The molecule has 0 atom stereocenters. The number of rotatable bonds is 7. The van der Waals surface area contributed by atoms with Crippen molar-refractivity contribution >= 4 is 55.6 Å². The number of furan rings is 1. The summed E-state index contributed by atoms with van der Waals surface area (Å²) in [5.74, 6) is -0.822. The molecule has 0 fully saturated rings. The van der Waals surface area contributed by atoms with Crippen LogP contribution in [-0.4, -0.2) is 24.5 Å². The summed E-state index contributed by atoms with van der Waals surface area (Å²) in [6, 6.07) is 14.5. The van der Waals surface area contributed by atoms with Crippen molar-refractivity contribution in [3.63, 3.8) is 0 Å². The van der Waals surface area contributed by atoms with E-state index in [0.29, 0.717) is 20.7 Å². The number of hydrogen-bond donors (Lipinski definition) is 1. The number of nitrogens with zero attached hydrogens (tertiary/aromatic N) is 2. The molecule has 2 aromatic heterocycles. The molecular weight excluding hydrogens is 497 g/mol. The zero-order valence-corrected chi connectivity index (χ0v) is 19.2. The first-order valence-electron chi connectivity index (χ1n) is 8.94. The Morgan fingerprint density at radius 1 is 1.09 bits per heavy atom. The lowest BCUT2D eigenvalue weighted by molar-refractivity contribution is 0.0991. The average molecular weight is 510 g/mol. The van der Waals surface area contributed by atoms with Crippen LogP contribution in [0.15, 0.2) is 79.4 Å². The van der Waals surface area contributed by atoms with Crippen LogP contribution in [-0.2, 0) is 15.6 Å². The van der Waals surface area contributed by atoms with Crippen molar-refractivity contribution in [3.8, 4) is 0 Å². The molecule has 4 aromatic rings. The van der Waals surface area contributed by atoms with Crippen LogP contribution in [0, 0.1) is 5.82 Å². The van der Waals surface area contributed by atoms with Crippen LogP contribution in [0.2, 0.25) is 5.02 Å². The van der Waals surface area contributed by atoms with Crippen LogP contribution in [0.1, 0.15) is 16.1 Å². The smallest absolute Gasteiger partial charge is 0.293 e. The zero-order valence-electron chi connectivity index (χ0n) is 16.0. The maximum absolute atomic E-state index is 13.7. The summed E-state index contributed by atoms with van der Waals surface area (Å²) in [5.41, 5.74) is 0.531. The molecular formula is C20H13ClFN3O4S3. The van der Waals surface area contributed by atoms with E-state index < -0.39 is 15.7 Å². The fourth-order valence-corrected chi connectivity index (χ4v) is 5.58. The molecule has 1 N–H and O–H groups in total. The average Bonchev–Trinajstić information content (AvgIpc) is 3.44. The molecule has 164 valence electrons. The normalized spacial score (nSPS) is 11.4. The summed E-state index contributed by atoms with van der Waals surface area (Å²) in [6.07, 6.45) is 0. The standard InChI is InChI=1S/C20H13ClFN3O4S3/c21-13-5-7-14(8-6-13)32(27,28)17-10-9-16(29-17)18(26)23-19-24-25-20(31-19)30-11-12-3-1-2-4-15(12)22/h1-10H,11H2,(H,23,24,26). The second kappa shape index (κ2) is 9.41. The van der Waals surface area contributed by atoms with Crippen molar-refractivity contribution < 1.29 is 22.0 Å². The largest absolute Gasteiger partial charge is 0.439 e. The number of anilines is 1. The van der Waals surface area contributed by atoms with Gasteiger partial charge in [-0.1, -0.05) is 52.9 Å². The lowest BCUT2D eigenvalue weighted by Crippen LogP contribution is -2.10. The van der Waals surface area contributed by atoms with E-state index in [9.17, 15) is 17.6 Å². The number of carbonyl (C=O) groups excluding carboxylic acids is 1. The fourth-order valence-electron chi connectivity index (χ4n) is 2.55. The zero-order chi connectivity index (χ0) is 22.7. The monoisotopic (exact) mass is 509 g/mol. The topological polar surface area (TPSA) is 102 Å². The number of hydrogen-bond acceptors (Lipinski definition) is 8. The van der Waals surface area contributed by atoms with Crippen molar-refractivity contribution in [2.24, 2.45) is 0 Å². The maximum Gasteiger partial charge on any atom is 0.293 e. The number of benzene rings is 2. The third-order valence-corrected chi connectivity index (χ3v) is 8.04. The highest BCUT2D eigenvalue weighted by Gasteiger charge is 2.24. The van der Waals surface area contributed by atoms with Gasteiger partial charge in [-0.25, -0.2) is 12.8 Å². The lowest BCUT2D eigenvalue weighted by Gasteiger charge is -2.01. The van der Waals surface area contributed by atoms with Gasteiger partial charge in [-0.3, -0.25) is 10.1 Å². The van der Waals surface area contributed by atoms with Gasteiger partial charge in [0.25, 0.3) is 5.91 Å². The quantitative estimate of drug-likeness (QED) is 0.266. The fraction of sp³-hybridized carbons (Fsp3) is 0.0500. The van der Waals surface area contributed by atoms with Crippen molar-refractivity contribution in [1.29, 1.82) is 0 Å². The molecule has 0 saturated heterocycles. The maximum atomic E-state index is 13.7. The molecule has 2 aromatic carbocycles. The summed E-state index contributed by atoms with van der Waals surface area (Å²) in [4.78, 5) is 12.4. The van der Waals surface area contributed by atoms with Gasteiger partial charge in [0.05, 0.1) is 4.90 Å². The van der Waals surface area contributed by atoms with Gasteiger partial charge in [0, 0.05) is 10.8 Å². The molecule has 0 aliphatic heterocycles. The summed E-state index contributed by atoms with van der Waals surface area (Å²) < 4.78 is 44.8. The second-order valence-electron chi connectivity index (χ2n) is 6.28. The Morgan fingerprint density at radius 3 is 2.59 bits per heavy atom. The highest BCUT2D eigenvalue weighted by Crippen LogP contribution is 2.30. The molecule has 32 heavy (non-hydrogen) atoms. The van der Waals surface area contributed by atoms with E-state index in [-0.39, 0.29) is 26.7 Å². The van der Waals surface area contributed by atoms with E-state index in [1.54, 1.807) is 18.2 Å². The van der Waals surface area contributed by atoms with Crippen molar-refractivity contribution in [2.45, 2.75) is 20.1 Å². The Hall–Kier alpha value is -2.73. The third kappa shape index (κ3) is 5.01. The minimum atomic E-state index is -3.94. The van der Waals surface area contributed by atoms with Gasteiger partial charge in [0.2, 0.25) is 20.1 Å². The van der Waals surface area contributed by atoms with Crippen LogP contribution in [0.5, 0.6) is 0 Å². The number of thioether (sulfide) groups is 1. The molecule has 0 radical (unpaired) electrons. The number of nitrogens with one attached hydrogen (secondary N) is 1. The Morgan fingerprint density at radius 2 is 1.84 bits per heavy atom. The molecule has 12 heteroatoms. The van der Waals surface area contributed by atoms with Gasteiger partial charge >= 0.3 is 0 Å². The van der Waals surface area contributed by atoms with Gasteiger partial charge in [-0.05, 0) is 48.0 Å². The lowest BCUT2D eigenvalue weighted by atomic mass is 10.2. The van der Waals surface area contributed by atoms with Gasteiger partial charge in [-0.15, -0.1) is 10.2 Å². The molecule has 0 spiro atoms. The molecule has 7 nitrogen and oxygen atoms in total. The molecule has 0 saturated carbocycles. The number of halogens is 2.